The van der Waals surface area contributed by atoms with Gasteiger partial charge in [-0.3, -0.25) is 9.36 Å². The molecule has 4 atom stereocenters. The molecule has 118 valence electrons. The predicted molar refractivity (Wildman–Crippen MR) is 74.2 cm³/mol. The summed E-state index contributed by atoms with van der Waals surface area (Å²) in [5.41, 5.74) is -0.685. The van der Waals surface area contributed by atoms with Gasteiger partial charge in [0.1, 0.15) is 29.8 Å². The average Bonchev–Trinajstić information content (AvgIpc) is 2.74. The zero-order valence-corrected chi connectivity index (χ0v) is 11.8. The van der Waals surface area contributed by atoms with E-state index in [9.17, 15) is 19.4 Å². The Morgan fingerprint density at radius 2 is 2.18 bits per heavy atom. The maximum Gasteiger partial charge on any atom is 0.252 e. The third kappa shape index (κ3) is 2.34. The Morgan fingerprint density at radius 3 is 2.82 bits per heavy atom. The monoisotopic (exact) mass is 329 g/mol. The first-order valence-electron chi connectivity index (χ1n) is 6.36. The van der Waals surface area contributed by atoms with E-state index in [-0.39, 0.29) is 15.8 Å². The fourth-order valence-electron chi connectivity index (χ4n) is 2.38. The number of H-pyrrole nitrogens is 1. The Labute approximate surface area is 127 Å². The number of halogens is 1. The van der Waals surface area contributed by atoms with Crippen molar-refractivity contribution >= 4 is 23.3 Å². The van der Waals surface area contributed by atoms with Gasteiger partial charge < -0.3 is 25.0 Å². The van der Waals surface area contributed by atoms with Crippen LogP contribution < -0.4 is 5.56 Å². The molecule has 8 nitrogen and oxygen atoms in total. The van der Waals surface area contributed by atoms with E-state index >= 15 is 0 Å². The van der Waals surface area contributed by atoms with E-state index in [4.69, 9.17) is 22.1 Å². The van der Waals surface area contributed by atoms with E-state index in [0.717, 1.165) is 6.07 Å². The molecule has 1 aliphatic rings. The maximum absolute atomic E-state index is 13.9. The van der Waals surface area contributed by atoms with Crippen LogP contribution in [0.15, 0.2) is 17.1 Å². The summed E-state index contributed by atoms with van der Waals surface area (Å²) in [6.45, 7) is -0.495. The Hall–Kier alpha value is -1.72. The number of hydrogen-bond acceptors (Lipinski definition) is 7. The van der Waals surface area contributed by atoms with Gasteiger partial charge in [-0.05, 0) is 12.2 Å². The van der Waals surface area contributed by atoms with Crippen LogP contribution >= 0.6 is 12.2 Å². The number of fused-ring (bicyclic) bond motifs is 1. The fraction of sp³-hybridized carbons (Fsp3) is 0.417. The van der Waals surface area contributed by atoms with Crippen molar-refractivity contribution in [3.63, 3.8) is 0 Å². The summed E-state index contributed by atoms with van der Waals surface area (Å²) in [5, 5.41) is 28.8. The normalized spacial score (nSPS) is 28.4. The molecule has 10 heteroatoms. The molecule has 1 unspecified atom stereocenters. The number of aliphatic hydroxyl groups excluding tert-OH is 3. The molecule has 0 saturated carbocycles. The van der Waals surface area contributed by atoms with Gasteiger partial charge in [0.2, 0.25) is 4.77 Å². The molecule has 2 aromatic heterocycles. The number of ether oxygens (including phenoxy) is 1. The second kappa shape index (κ2) is 5.48. The Bertz CT molecular complexity index is 838. The second-order valence-corrected chi connectivity index (χ2v) is 5.27. The van der Waals surface area contributed by atoms with Gasteiger partial charge in [-0.2, -0.15) is 0 Å². The number of aromatic amines is 1. The van der Waals surface area contributed by atoms with Crippen LogP contribution in [-0.2, 0) is 4.74 Å². The van der Waals surface area contributed by atoms with E-state index in [0.29, 0.717) is 0 Å². The third-order valence-electron chi connectivity index (χ3n) is 3.50. The summed E-state index contributed by atoms with van der Waals surface area (Å²) in [5.74, 6) is -0.804. The minimum absolute atomic E-state index is 0.0223. The fourth-order valence-corrected chi connectivity index (χ4v) is 2.62. The van der Waals surface area contributed by atoms with E-state index in [2.05, 4.69) is 9.97 Å². The summed E-state index contributed by atoms with van der Waals surface area (Å²) in [6.07, 6.45) is -3.56. The van der Waals surface area contributed by atoms with Crippen molar-refractivity contribution in [2.45, 2.75) is 24.5 Å². The summed E-state index contributed by atoms with van der Waals surface area (Å²) in [6, 6.07) is 0.759. The number of nitrogens with zero attached hydrogens (tertiary/aromatic N) is 2. The molecule has 22 heavy (non-hydrogen) atoms. The molecule has 1 aliphatic heterocycles. The molecule has 4 N–H and O–H groups in total. The highest BCUT2D eigenvalue weighted by molar-refractivity contribution is 7.71. The van der Waals surface area contributed by atoms with Gasteiger partial charge in [0.25, 0.3) is 5.56 Å². The van der Waals surface area contributed by atoms with Gasteiger partial charge in [-0.15, -0.1) is 0 Å². The molecular weight excluding hydrogens is 317 g/mol. The lowest BCUT2D eigenvalue weighted by Crippen LogP contribution is -2.33. The number of nitrogens with one attached hydrogen (secondary N) is 1. The summed E-state index contributed by atoms with van der Waals surface area (Å²) < 4.78 is 20.3. The highest BCUT2D eigenvalue weighted by atomic mass is 32.1. The Balaban J connectivity index is 2.14. The Morgan fingerprint density at radius 1 is 1.45 bits per heavy atom. The molecule has 1 fully saturated rings. The lowest BCUT2D eigenvalue weighted by atomic mass is 10.1. The molecule has 3 rings (SSSR count). The van der Waals surface area contributed by atoms with Gasteiger partial charge in [-0.1, -0.05) is 0 Å². The lowest BCUT2D eigenvalue weighted by molar-refractivity contribution is -0.0539. The summed E-state index contributed by atoms with van der Waals surface area (Å²) in [4.78, 5) is 17.5. The SMILES string of the molecule is O=c1cc(F)c2cn([C@@H]3O[C@H](CO)C(O)[C@@H]3O)c(=S)nc2[nH]1. The van der Waals surface area contributed by atoms with E-state index in [1.54, 1.807) is 0 Å². The molecule has 0 radical (unpaired) electrons. The first kappa shape index (κ1) is 15.2. The summed E-state index contributed by atoms with van der Waals surface area (Å²) >= 11 is 5.04. The zero-order valence-electron chi connectivity index (χ0n) is 11.0. The zero-order chi connectivity index (χ0) is 16.0. The van der Waals surface area contributed by atoms with Crippen molar-refractivity contribution in [1.82, 2.24) is 14.5 Å². The van der Waals surface area contributed by atoms with Crippen LogP contribution in [0.1, 0.15) is 6.23 Å². The average molecular weight is 329 g/mol. The van der Waals surface area contributed by atoms with Gasteiger partial charge in [0.05, 0.1) is 12.0 Å². The molecule has 1 saturated heterocycles. The minimum Gasteiger partial charge on any atom is -0.394 e. The smallest absolute Gasteiger partial charge is 0.252 e. The number of pyridine rings is 1. The van der Waals surface area contributed by atoms with Crippen molar-refractivity contribution in [2.24, 2.45) is 0 Å². The maximum atomic E-state index is 13.9. The lowest BCUT2D eigenvalue weighted by Gasteiger charge is -2.18. The van der Waals surface area contributed by atoms with Crippen LogP contribution in [0.5, 0.6) is 0 Å². The molecule has 0 spiro atoms. The van der Waals surface area contributed by atoms with Crippen molar-refractivity contribution in [1.29, 1.82) is 0 Å². The van der Waals surface area contributed by atoms with Gasteiger partial charge in [-0.25, -0.2) is 9.37 Å². The van der Waals surface area contributed by atoms with Crippen LogP contribution in [0, 0.1) is 10.6 Å². The largest absolute Gasteiger partial charge is 0.394 e. The summed E-state index contributed by atoms with van der Waals surface area (Å²) in [7, 11) is 0. The van der Waals surface area contributed by atoms with E-state index in [1.807, 2.05) is 0 Å². The molecular formula is C12H12FN3O5S. The number of aromatic nitrogens is 3. The second-order valence-electron chi connectivity index (χ2n) is 4.90. The van der Waals surface area contributed by atoms with Crippen LogP contribution in [-0.4, -0.2) is 54.8 Å². The van der Waals surface area contributed by atoms with Crippen LogP contribution in [0.25, 0.3) is 11.0 Å². The van der Waals surface area contributed by atoms with E-state index in [1.165, 1.54) is 10.8 Å². The molecule has 2 aromatic rings. The van der Waals surface area contributed by atoms with Crippen molar-refractivity contribution in [3.8, 4) is 0 Å². The number of aliphatic hydroxyl groups is 3. The molecule has 0 aliphatic carbocycles. The highest BCUT2D eigenvalue weighted by Gasteiger charge is 2.43. The van der Waals surface area contributed by atoms with Gasteiger partial charge in [0, 0.05) is 12.3 Å². The van der Waals surface area contributed by atoms with Gasteiger partial charge in [0.15, 0.2) is 6.23 Å². The van der Waals surface area contributed by atoms with E-state index < -0.39 is 42.5 Å². The Kier molecular flexibility index (Phi) is 3.78. The van der Waals surface area contributed by atoms with Crippen molar-refractivity contribution < 1.29 is 24.4 Å². The van der Waals surface area contributed by atoms with Crippen LogP contribution in [0.4, 0.5) is 4.39 Å². The minimum atomic E-state index is -1.37. The molecule has 0 bridgehead atoms. The predicted octanol–water partition coefficient (Wildman–Crippen LogP) is -0.795. The van der Waals surface area contributed by atoms with Crippen molar-refractivity contribution in [3.05, 3.63) is 33.2 Å². The quantitative estimate of drug-likeness (QED) is 0.533. The third-order valence-corrected chi connectivity index (χ3v) is 3.80. The van der Waals surface area contributed by atoms with Crippen molar-refractivity contribution in [2.75, 3.05) is 6.61 Å². The first-order valence-corrected chi connectivity index (χ1v) is 6.77. The van der Waals surface area contributed by atoms with Crippen LogP contribution in [0.2, 0.25) is 0 Å². The highest BCUT2D eigenvalue weighted by Crippen LogP contribution is 2.30. The molecule has 0 amide bonds. The van der Waals surface area contributed by atoms with Gasteiger partial charge >= 0.3 is 0 Å². The standard InChI is InChI=1S/C12H12FN3O5S/c13-5-1-7(18)14-10-4(5)2-16(12(22)15-10)11-9(20)8(19)6(3-17)21-11/h1-2,6,8-9,11,17,19-20H,3H2,(H,14,15,18,22)/t6-,8?,9+,11-/m1/s1. The molecule has 3 heterocycles. The van der Waals surface area contributed by atoms with Crippen LogP contribution in [0.3, 0.4) is 0 Å². The number of rotatable bonds is 2. The molecule has 0 aromatic carbocycles. The first-order chi connectivity index (χ1) is 10.4. The number of hydrogen-bond donors (Lipinski definition) is 4. The topological polar surface area (TPSA) is 121 Å².